The Morgan fingerprint density at radius 2 is 2.04 bits per heavy atom. The van der Waals surface area contributed by atoms with E-state index in [0.29, 0.717) is 15.5 Å². The van der Waals surface area contributed by atoms with Gasteiger partial charge in [-0.15, -0.1) is 0 Å². The second-order valence-electron chi connectivity index (χ2n) is 6.71. The van der Waals surface area contributed by atoms with Crippen LogP contribution in [0.1, 0.15) is 39.0 Å². The van der Waals surface area contributed by atoms with Crippen LogP contribution in [0.3, 0.4) is 0 Å². The zero-order valence-electron chi connectivity index (χ0n) is 13.7. The summed E-state index contributed by atoms with van der Waals surface area (Å²) >= 11 is 8.28. The van der Waals surface area contributed by atoms with Crippen LogP contribution in [-0.2, 0) is 4.79 Å². The van der Waals surface area contributed by atoms with Crippen molar-refractivity contribution in [3.63, 3.8) is 0 Å². The van der Waals surface area contributed by atoms with Crippen molar-refractivity contribution < 1.29 is 4.79 Å². The fraction of sp³-hybridized carbons (Fsp3) is 0.611. The summed E-state index contributed by atoms with van der Waals surface area (Å²) in [4.78, 5) is 15.0. The van der Waals surface area contributed by atoms with Crippen molar-refractivity contribution in [1.29, 1.82) is 0 Å². The fourth-order valence-electron chi connectivity index (χ4n) is 3.67. The largest absolute Gasteiger partial charge is 0.323 e. The zero-order chi connectivity index (χ0) is 16.3. The van der Waals surface area contributed by atoms with E-state index in [1.54, 1.807) is 6.07 Å². The minimum Gasteiger partial charge on any atom is -0.323 e. The normalized spacial score (nSPS) is 22.7. The summed E-state index contributed by atoms with van der Waals surface area (Å²) in [7, 11) is 0. The molecule has 1 heterocycles. The third kappa shape index (κ3) is 4.04. The van der Waals surface area contributed by atoms with Crippen molar-refractivity contribution in [3.8, 4) is 0 Å². The molecule has 0 unspecified atom stereocenters. The van der Waals surface area contributed by atoms with E-state index < -0.39 is 0 Å². The van der Waals surface area contributed by atoms with E-state index in [0.717, 1.165) is 18.8 Å². The van der Waals surface area contributed by atoms with Crippen LogP contribution in [0.2, 0.25) is 5.02 Å². The lowest BCUT2D eigenvalue weighted by atomic mass is 9.87. The average Bonchev–Trinajstić information content (AvgIpc) is 2.57. The predicted octanol–water partition coefficient (Wildman–Crippen LogP) is 4.42. The molecule has 1 saturated carbocycles. The van der Waals surface area contributed by atoms with Gasteiger partial charge in [-0.3, -0.25) is 9.69 Å². The molecule has 3 nitrogen and oxygen atoms in total. The van der Waals surface area contributed by atoms with E-state index in [1.165, 1.54) is 32.1 Å². The summed E-state index contributed by atoms with van der Waals surface area (Å²) in [5.74, 6) is 1.17. The maximum Gasteiger partial charge on any atom is 0.241 e. The highest BCUT2D eigenvalue weighted by Gasteiger charge is 2.39. The van der Waals surface area contributed by atoms with Crippen molar-refractivity contribution in [2.75, 3.05) is 24.2 Å². The van der Waals surface area contributed by atoms with Gasteiger partial charge < -0.3 is 5.32 Å². The number of benzene rings is 1. The Hall–Kier alpha value is -0.710. The van der Waals surface area contributed by atoms with Crippen LogP contribution < -0.4 is 5.32 Å². The van der Waals surface area contributed by atoms with Crippen molar-refractivity contribution >= 4 is 35.0 Å². The van der Waals surface area contributed by atoms with Gasteiger partial charge in [-0.25, -0.2) is 0 Å². The van der Waals surface area contributed by atoms with E-state index in [-0.39, 0.29) is 11.9 Å². The molecule has 0 aromatic heterocycles. The number of carbonyl (C=O) groups is 1. The molecule has 1 aliphatic carbocycles. The fourth-order valence-corrected chi connectivity index (χ4v) is 5.45. The summed E-state index contributed by atoms with van der Waals surface area (Å²) in [5.41, 5.74) is 0.699. The summed E-state index contributed by atoms with van der Waals surface area (Å²) < 4.78 is 0.384. The number of hydrogen-bond donors (Lipinski definition) is 1. The van der Waals surface area contributed by atoms with E-state index in [9.17, 15) is 4.79 Å². The van der Waals surface area contributed by atoms with Gasteiger partial charge in [0.15, 0.2) is 0 Å². The van der Waals surface area contributed by atoms with Crippen LogP contribution in [0.5, 0.6) is 0 Å². The topological polar surface area (TPSA) is 32.3 Å². The molecule has 23 heavy (non-hydrogen) atoms. The molecule has 1 spiro atoms. The summed E-state index contributed by atoms with van der Waals surface area (Å²) in [6, 6.07) is 7.29. The molecule has 3 rings (SSSR count). The molecule has 0 radical (unpaired) electrons. The van der Waals surface area contributed by atoms with Gasteiger partial charge >= 0.3 is 0 Å². The van der Waals surface area contributed by atoms with Crippen LogP contribution in [0, 0.1) is 0 Å². The lowest BCUT2D eigenvalue weighted by Gasteiger charge is -2.46. The molecule has 1 amide bonds. The molecular formula is C18H25ClN2OS. The van der Waals surface area contributed by atoms with Gasteiger partial charge in [0.2, 0.25) is 5.91 Å². The second-order valence-corrected chi connectivity index (χ2v) is 8.68. The molecule has 1 saturated heterocycles. The summed E-state index contributed by atoms with van der Waals surface area (Å²) in [6.45, 7) is 4.04. The summed E-state index contributed by atoms with van der Waals surface area (Å²) in [6.07, 6.45) is 6.63. The first-order chi connectivity index (χ1) is 11.1. The number of hydrogen-bond acceptors (Lipinski definition) is 3. The number of nitrogens with zero attached hydrogens (tertiary/aromatic N) is 1. The van der Waals surface area contributed by atoms with Gasteiger partial charge in [0.25, 0.3) is 0 Å². The number of amides is 1. The van der Waals surface area contributed by atoms with Gasteiger partial charge in [0.05, 0.1) is 16.8 Å². The standard InChI is InChI=1S/C18H25ClN2OS/c1-14(17(22)20-16-8-4-3-7-15(16)19)21-11-12-23-18(13-21)9-5-2-6-10-18/h3-4,7-8,14H,2,5-6,9-13H2,1H3,(H,20,22)/t14-/m1/s1. The molecule has 1 aromatic carbocycles. The van der Waals surface area contributed by atoms with E-state index in [1.807, 2.05) is 25.1 Å². The maximum atomic E-state index is 12.6. The highest BCUT2D eigenvalue weighted by molar-refractivity contribution is 8.00. The van der Waals surface area contributed by atoms with E-state index in [4.69, 9.17) is 11.6 Å². The van der Waals surface area contributed by atoms with Crippen molar-refractivity contribution in [2.24, 2.45) is 0 Å². The quantitative estimate of drug-likeness (QED) is 0.874. The molecule has 5 heteroatoms. The first-order valence-electron chi connectivity index (χ1n) is 8.53. The van der Waals surface area contributed by atoms with Gasteiger partial charge in [-0.1, -0.05) is 43.0 Å². The highest BCUT2D eigenvalue weighted by atomic mass is 35.5. The Kier molecular flexibility index (Phi) is 5.55. The monoisotopic (exact) mass is 352 g/mol. The Labute approximate surface area is 148 Å². The first-order valence-corrected chi connectivity index (χ1v) is 9.89. The SMILES string of the molecule is C[C@H](C(=O)Nc1ccccc1Cl)N1CCSC2(CCCCC2)C1. The molecule has 1 aliphatic heterocycles. The van der Waals surface area contributed by atoms with Gasteiger partial charge in [0.1, 0.15) is 0 Å². The Balaban J connectivity index is 1.63. The Morgan fingerprint density at radius 3 is 2.78 bits per heavy atom. The average molecular weight is 353 g/mol. The minimum atomic E-state index is -0.119. The molecule has 126 valence electrons. The maximum absolute atomic E-state index is 12.6. The molecule has 2 fully saturated rings. The van der Waals surface area contributed by atoms with E-state index in [2.05, 4.69) is 22.0 Å². The van der Waals surface area contributed by atoms with Gasteiger partial charge in [0, 0.05) is 23.6 Å². The van der Waals surface area contributed by atoms with Crippen molar-refractivity contribution in [3.05, 3.63) is 29.3 Å². The first kappa shape index (κ1) is 17.1. The van der Waals surface area contributed by atoms with Crippen LogP contribution in [0.25, 0.3) is 0 Å². The molecular weight excluding hydrogens is 328 g/mol. The Morgan fingerprint density at radius 1 is 1.30 bits per heavy atom. The van der Waals surface area contributed by atoms with Crippen LogP contribution in [-0.4, -0.2) is 40.4 Å². The third-order valence-corrected chi connectivity index (χ3v) is 6.97. The number of halogens is 1. The van der Waals surface area contributed by atoms with Crippen LogP contribution in [0.4, 0.5) is 5.69 Å². The number of para-hydroxylation sites is 1. The number of nitrogens with one attached hydrogen (secondary N) is 1. The highest BCUT2D eigenvalue weighted by Crippen LogP contribution is 2.43. The minimum absolute atomic E-state index is 0.0379. The zero-order valence-corrected chi connectivity index (χ0v) is 15.3. The molecule has 1 aromatic rings. The predicted molar refractivity (Wildman–Crippen MR) is 99.4 cm³/mol. The number of rotatable bonds is 3. The molecule has 1 atom stereocenters. The van der Waals surface area contributed by atoms with Gasteiger partial charge in [-0.2, -0.15) is 11.8 Å². The number of thioether (sulfide) groups is 1. The smallest absolute Gasteiger partial charge is 0.241 e. The van der Waals surface area contributed by atoms with Gasteiger partial charge in [-0.05, 0) is 31.9 Å². The summed E-state index contributed by atoms with van der Waals surface area (Å²) in [5, 5.41) is 3.57. The molecule has 1 N–H and O–H groups in total. The molecule has 0 bridgehead atoms. The third-order valence-electron chi connectivity index (χ3n) is 5.10. The lowest BCUT2D eigenvalue weighted by Crippen LogP contribution is -2.53. The van der Waals surface area contributed by atoms with Crippen molar-refractivity contribution in [1.82, 2.24) is 4.90 Å². The number of anilines is 1. The van der Waals surface area contributed by atoms with Crippen LogP contribution >= 0.6 is 23.4 Å². The van der Waals surface area contributed by atoms with Crippen LogP contribution in [0.15, 0.2) is 24.3 Å². The molecule has 2 aliphatic rings. The van der Waals surface area contributed by atoms with Crippen molar-refractivity contribution in [2.45, 2.75) is 49.8 Å². The number of carbonyl (C=O) groups excluding carboxylic acids is 1. The van der Waals surface area contributed by atoms with E-state index >= 15 is 0 Å². The Bertz CT molecular complexity index is 554. The lowest BCUT2D eigenvalue weighted by molar-refractivity contribution is -0.120. The second kappa shape index (κ2) is 7.45.